The molecule has 4 saturated heterocycles. The van der Waals surface area contributed by atoms with Gasteiger partial charge in [0, 0.05) is 106 Å². The van der Waals surface area contributed by atoms with Crippen molar-refractivity contribution in [3.05, 3.63) is 118 Å². The Hall–Kier alpha value is -7.74. The first-order chi connectivity index (χ1) is 34.8. The molecule has 0 radical (unpaired) electrons. The molecule has 20 heteroatoms. The summed E-state index contributed by atoms with van der Waals surface area (Å²) in [5.41, 5.74) is 5.46. The largest absolute Gasteiger partial charge is 0.483 e. The number of rotatable bonds is 13. The maximum absolute atomic E-state index is 14.0. The van der Waals surface area contributed by atoms with Gasteiger partial charge >= 0.3 is 0 Å². The highest BCUT2D eigenvalue weighted by Crippen LogP contribution is 2.31. The van der Waals surface area contributed by atoms with Gasteiger partial charge < -0.3 is 40.5 Å². The van der Waals surface area contributed by atoms with Crippen molar-refractivity contribution in [1.29, 1.82) is 0 Å². The molecule has 4 aliphatic rings. The van der Waals surface area contributed by atoms with Crippen molar-refractivity contribution in [2.75, 3.05) is 68.0 Å². The molecule has 0 bridgehead atoms. The summed E-state index contributed by atoms with van der Waals surface area (Å²) in [5, 5.41) is 26.4. The van der Waals surface area contributed by atoms with Gasteiger partial charge in [0.15, 0.2) is 5.82 Å². The first-order valence-corrected chi connectivity index (χ1v) is 24.2. The van der Waals surface area contributed by atoms with Crippen LogP contribution in [0.3, 0.4) is 0 Å². The van der Waals surface area contributed by atoms with Crippen LogP contribution in [0, 0.1) is 11.6 Å². The summed E-state index contributed by atoms with van der Waals surface area (Å²) in [4.78, 5) is 91.1. The van der Waals surface area contributed by atoms with Crippen LogP contribution in [0.4, 0.5) is 26.0 Å². The van der Waals surface area contributed by atoms with Gasteiger partial charge in [0.25, 0.3) is 18.3 Å². The van der Waals surface area contributed by atoms with Crippen LogP contribution in [-0.2, 0) is 35.1 Å². The molecule has 6 amide bonds. The lowest BCUT2D eigenvalue weighted by atomic mass is 9.88. The average Bonchev–Trinajstić information content (AvgIpc) is 3.77. The van der Waals surface area contributed by atoms with E-state index >= 15 is 0 Å². The number of carboxylic acid groups (broad SMARTS) is 1. The number of amides is 6. The molecule has 18 nitrogen and oxygen atoms in total. The minimum atomic E-state index is -0.745. The summed E-state index contributed by atoms with van der Waals surface area (Å²) in [7, 11) is 0. The van der Waals surface area contributed by atoms with E-state index in [1.165, 1.54) is 12.1 Å². The molecular weight excluding hydrogens is 933 g/mol. The van der Waals surface area contributed by atoms with E-state index in [4.69, 9.17) is 14.6 Å². The number of carbonyl (C=O) groups excluding carboxylic acids is 6. The van der Waals surface area contributed by atoms with Crippen LogP contribution in [0.25, 0.3) is 10.9 Å². The zero-order chi connectivity index (χ0) is 50.7. The molecule has 0 saturated carbocycles. The van der Waals surface area contributed by atoms with Gasteiger partial charge in [-0.25, -0.2) is 8.78 Å². The Morgan fingerprint density at radius 2 is 1.43 bits per heavy atom. The standard InChI is InChI=1S/C51H55F2N9O7.CH2O2/c52-36-26-32(27-37(53)29-36)25-31-1-8-42-41(28-31)48(59-58-42)57-50(67)40-7-6-39(30-44(40)54-38-15-23-69-24-16-38)60-19-21-62(22-20-60)47(65)12-11-46(64)61-17-13-34(14-18-61)33-2-4-35(5-3-33)49(66)55-43-9-10-45(63)56-51(43)68;2-1-3/h1-8,26-30,34,38,43,54H,9-25H2,(H,55,66)(H,56,63,68)(H2,57,58,59,67);1H,(H,2,3). The molecule has 5 heterocycles. The number of H-pyrrole nitrogens is 1. The maximum Gasteiger partial charge on any atom is 0.290 e. The van der Waals surface area contributed by atoms with Crippen molar-refractivity contribution in [2.24, 2.45) is 0 Å². The predicted octanol–water partition coefficient (Wildman–Crippen LogP) is 5.35. The lowest BCUT2D eigenvalue weighted by molar-refractivity contribution is -0.137. The Kier molecular flexibility index (Phi) is 16.5. The number of aromatic amines is 1. The number of fused-ring (bicyclic) bond motifs is 1. The summed E-state index contributed by atoms with van der Waals surface area (Å²) in [6.45, 7) is 4.25. The first kappa shape index (κ1) is 50.6. The van der Waals surface area contributed by atoms with Crippen LogP contribution < -0.4 is 26.2 Å². The quantitative estimate of drug-likeness (QED) is 0.0648. The normalized spacial score (nSPS) is 17.6. The number of piperazine rings is 1. The molecule has 9 rings (SSSR count). The maximum atomic E-state index is 14.0. The van der Waals surface area contributed by atoms with Crippen LogP contribution in [0.15, 0.2) is 78.9 Å². The Bertz CT molecular complexity index is 2780. The van der Waals surface area contributed by atoms with Gasteiger partial charge in [-0.05, 0) is 116 Å². The van der Waals surface area contributed by atoms with E-state index in [1.807, 2.05) is 52.3 Å². The fraction of sp³-hybridized carbons (Fsp3) is 0.385. The molecule has 0 aliphatic carbocycles. The summed E-state index contributed by atoms with van der Waals surface area (Å²) in [6, 6.07) is 21.2. The van der Waals surface area contributed by atoms with Crippen LogP contribution in [-0.4, -0.2) is 132 Å². The van der Waals surface area contributed by atoms with Crippen molar-refractivity contribution in [3.63, 3.8) is 0 Å². The molecule has 378 valence electrons. The number of hydrogen-bond donors (Lipinski definition) is 6. The second-order valence-electron chi connectivity index (χ2n) is 18.3. The molecule has 72 heavy (non-hydrogen) atoms. The number of imide groups is 1. The molecule has 4 aromatic carbocycles. The fourth-order valence-electron chi connectivity index (χ4n) is 9.68. The van der Waals surface area contributed by atoms with Gasteiger partial charge in [-0.3, -0.25) is 44.0 Å². The van der Waals surface area contributed by atoms with Crippen LogP contribution >= 0.6 is 0 Å². The van der Waals surface area contributed by atoms with E-state index in [-0.39, 0.29) is 80.1 Å². The molecule has 1 unspecified atom stereocenters. The van der Waals surface area contributed by atoms with Crippen LogP contribution in [0.5, 0.6) is 0 Å². The van der Waals surface area contributed by atoms with Crippen molar-refractivity contribution in [3.8, 4) is 0 Å². The number of piperidine rings is 2. The van der Waals surface area contributed by atoms with E-state index in [9.17, 15) is 37.5 Å². The number of anilines is 3. The number of nitrogens with zero attached hydrogens (tertiary/aromatic N) is 4. The highest BCUT2D eigenvalue weighted by atomic mass is 19.1. The Morgan fingerprint density at radius 1 is 0.764 bits per heavy atom. The van der Waals surface area contributed by atoms with Crippen molar-refractivity contribution in [1.82, 2.24) is 30.6 Å². The van der Waals surface area contributed by atoms with Gasteiger partial charge in [0.05, 0.1) is 11.1 Å². The zero-order valence-corrected chi connectivity index (χ0v) is 39.6. The van der Waals surface area contributed by atoms with Crippen molar-refractivity contribution < 1.29 is 52.2 Å². The lowest BCUT2D eigenvalue weighted by Crippen LogP contribution is -2.52. The first-order valence-electron chi connectivity index (χ1n) is 24.2. The van der Waals surface area contributed by atoms with E-state index in [0.717, 1.165) is 48.6 Å². The van der Waals surface area contributed by atoms with Gasteiger partial charge in [-0.1, -0.05) is 18.2 Å². The smallest absolute Gasteiger partial charge is 0.290 e. The number of carbonyl (C=O) groups is 7. The third-order valence-electron chi connectivity index (χ3n) is 13.6. The topological polar surface area (TPSA) is 235 Å². The second-order valence-corrected chi connectivity index (χ2v) is 18.3. The summed E-state index contributed by atoms with van der Waals surface area (Å²) in [5.74, 6) is -2.43. The van der Waals surface area contributed by atoms with E-state index < -0.39 is 23.6 Å². The Morgan fingerprint density at radius 3 is 2.10 bits per heavy atom. The predicted molar refractivity (Wildman–Crippen MR) is 262 cm³/mol. The van der Waals surface area contributed by atoms with Gasteiger partial charge in [0.2, 0.25) is 23.6 Å². The minimum Gasteiger partial charge on any atom is -0.483 e. The summed E-state index contributed by atoms with van der Waals surface area (Å²) in [6.07, 6.45) is 4.08. The molecule has 0 spiro atoms. The third-order valence-corrected chi connectivity index (χ3v) is 13.6. The third kappa shape index (κ3) is 12.8. The summed E-state index contributed by atoms with van der Waals surface area (Å²) >= 11 is 0. The highest BCUT2D eigenvalue weighted by molar-refractivity contribution is 6.11. The van der Waals surface area contributed by atoms with E-state index in [0.29, 0.717) is 91.6 Å². The molecule has 5 aromatic rings. The fourth-order valence-corrected chi connectivity index (χ4v) is 9.68. The SMILES string of the molecule is O=C1CCC(NC(=O)c2ccc(C3CCN(C(=O)CCC(=O)N4CCN(c5ccc(C(=O)Nc6n[nH]c7ccc(Cc8cc(F)cc(F)c8)cc67)c(NC6CCOCC6)c5)CC4)CC3)cc2)C(=O)N1.O=CO. The molecule has 4 aliphatic heterocycles. The zero-order valence-electron chi connectivity index (χ0n) is 39.6. The summed E-state index contributed by atoms with van der Waals surface area (Å²) < 4.78 is 33.4. The number of aromatic nitrogens is 2. The Labute approximate surface area is 413 Å². The van der Waals surface area contributed by atoms with Crippen molar-refractivity contribution in [2.45, 2.75) is 75.8 Å². The number of halogens is 2. The van der Waals surface area contributed by atoms with Gasteiger partial charge in [0.1, 0.15) is 17.7 Å². The lowest BCUT2D eigenvalue weighted by Gasteiger charge is -2.37. The average molecular weight is 990 g/mol. The minimum absolute atomic E-state index is 0.0431. The molecule has 6 N–H and O–H groups in total. The Balaban J connectivity index is 0.00000226. The highest BCUT2D eigenvalue weighted by Gasteiger charge is 2.30. The molecule has 1 aromatic heterocycles. The molecule has 4 fully saturated rings. The number of benzene rings is 4. The molecular formula is C52H57F2N9O9. The van der Waals surface area contributed by atoms with Crippen LogP contribution in [0.2, 0.25) is 0 Å². The number of likely N-dealkylation sites (tertiary alicyclic amines) is 1. The van der Waals surface area contributed by atoms with Crippen LogP contribution in [0.1, 0.15) is 94.7 Å². The molecule has 1 atom stereocenters. The van der Waals surface area contributed by atoms with E-state index in [1.54, 1.807) is 18.2 Å². The monoisotopic (exact) mass is 989 g/mol. The van der Waals surface area contributed by atoms with Crippen molar-refractivity contribution >= 4 is 70.0 Å². The second kappa shape index (κ2) is 23.4. The van der Waals surface area contributed by atoms with Gasteiger partial charge in [-0.2, -0.15) is 5.10 Å². The number of nitrogens with one attached hydrogen (secondary N) is 5. The number of hydrogen-bond acceptors (Lipinski definition) is 11. The van der Waals surface area contributed by atoms with E-state index in [2.05, 4.69) is 36.4 Å². The van der Waals surface area contributed by atoms with Gasteiger partial charge in [-0.15, -0.1) is 0 Å². The number of ether oxygens (including phenoxy) is 1.